The zero-order valence-corrected chi connectivity index (χ0v) is 39.3. The second-order valence-corrected chi connectivity index (χ2v) is 20.5. The molecule has 0 saturated heterocycles. The van der Waals surface area contributed by atoms with Crippen LogP contribution in [0.5, 0.6) is 11.6 Å². The molecule has 2 amide bonds. The predicted octanol–water partition coefficient (Wildman–Crippen LogP) is 7.97. The highest BCUT2D eigenvalue weighted by atomic mass is 35.5. The number of amides is 2. The van der Waals surface area contributed by atoms with Gasteiger partial charge >= 0.3 is 5.97 Å². The lowest BCUT2D eigenvalue weighted by molar-refractivity contribution is -0.147. The summed E-state index contributed by atoms with van der Waals surface area (Å²) in [6, 6.07) is 23.8. The maximum absolute atomic E-state index is 14.4. The van der Waals surface area contributed by atoms with Crippen molar-refractivity contribution in [3.63, 3.8) is 0 Å². The first kappa shape index (κ1) is 47.3. The van der Waals surface area contributed by atoms with Gasteiger partial charge in [-0.1, -0.05) is 88.9 Å². The average Bonchev–Trinajstić information content (AvgIpc) is 3.30. The highest BCUT2D eigenvalue weighted by Crippen LogP contribution is 2.40. The van der Waals surface area contributed by atoms with Gasteiger partial charge in [-0.3, -0.25) is 18.9 Å². The van der Waals surface area contributed by atoms with Crippen molar-refractivity contribution in [1.29, 1.82) is 0 Å². The summed E-state index contributed by atoms with van der Waals surface area (Å²) in [5.74, 6) is -4.84. The number of aliphatic carboxylic acids is 1. The number of carboxylic acids is 1. The molecule has 3 atom stereocenters. The van der Waals surface area contributed by atoms with Gasteiger partial charge in [-0.2, -0.15) is 0 Å². The fourth-order valence-corrected chi connectivity index (χ4v) is 11.5. The second kappa shape index (κ2) is 19.2. The fraction of sp³-hybridized carbons (Fsp3) is 0.182. The Hall–Kier alpha value is -6.22. The number of halogens is 4. The number of ether oxygens (including phenoxy) is 2. The van der Waals surface area contributed by atoms with E-state index in [0.29, 0.717) is 0 Å². The van der Waals surface area contributed by atoms with Gasteiger partial charge in [-0.25, -0.2) is 35.9 Å². The highest BCUT2D eigenvalue weighted by Gasteiger charge is 2.42. The molecular formula is C44H35Cl4N7O10S2. The van der Waals surface area contributed by atoms with E-state index >= 15 is 0 Å². The normalized spacial score (nSPS) is 15.6. The van der Waals surface area contributed by atoms with E-state index in [1.54, 1.807) is 37.3 Å². The molecule has 0 radical (unpaired) electrons. The van der Waals surface area contributed by atoms with Crippen molar-refractivity contribution in [3.05, 3.63) is 146 Å². The minimum atomic E-state index is -4.49. The molecule has 4 aromatic carbocycles. The lowest BCUT2D eigenvalue weighted by Gasteiger charge is -2.37. The lowest BCUT2D eigenvalue weighted by Crippen LogP contribution is -2.48. The number of aromatic nitrogens is 3. The van der Waals surface area contributed by atoms with Crippen molar-refractivity contribution in [1.82, 2.24) is 15.0 Å². The molecule has 3 N–H and O–H groups in total. The van der Waals surface area contributed by atoms with Crippen molar-refractivity contribution in [2.45, 2.75) is 35.2 Å². The van der Waals surface area contributed by atoms with Gasteiger partial charge in [-0.15, -0.1) is 0 Å². The van der Waals surface area contributed by atoms with Crippen LogP contribution in [0.2, 0.25) is 20.1 Å². The van der Waals surface area contributed by atoms with E-state index < -0.39 is 62.3 Å². The maximum Gasteiger partial charge on any atom is 0.345 e. The summed E-state index contributed by atoms with van der Waals surface area (Å²) in [6.45, 7) is 0.974. The van der Waals surface area contributed by atoms with Crippen LogP contribution >= 0.6 is 46.4 Å². The lowest BCUT2D eigenvalue weighted by atomic mass is 9.92. The number of hydrogen-bond acceptors (Lipinski definition) is 12. The van der Waals surface area contributed by atoms with Crippen LogP contribution in [0, 0.1) is 5.92 Å². The molecule has 2 aliphatic heterocycles. The molecule has 4 heterocycles. The highest BCUT2D eigenvalue weighted by molar-refractivity contribution is 7.93. The molecule has 6 aromatic rings. The molecule has 0 fully saturated rings. The van der Waals surface area contributed by atoms with Crippen LogP contribution < -0.4 is 28.7 Å². The molecule has 0 aliphatic carbocycles. The SMILES string of the molecule is CC(C(=O)Nc1cnc2c(n1)N(S(=O)(=O)c1ccc(OC(C(=O)O)C3Cc4ncc(NC(=O)c5c(Cl)cccc5Cl)cc4N(S(=O)(=O)c4cccc(Cl)c4)C3)c(Cl)c1)CCO2)c1ccccc1. The Bertz CT molecular complexity index is 3150. The van der Waals surface area contributed by atoms with Crippen molar-refractivity contribution in [2.75, 3.05) is 38.9 Å². The van der Waals surface area contributed by atoms with Gasteiger partial charge in [0.05, 0.1) is 72.3 Å². The van der Waals surface area contributed by atoms with E-state index in [1.165, 1.54) is 60.9 Å². The molecule has 2 aromatic heterocycles. The second-order valence-electron chi connectivity index (χ2n) is 15.1. The third-order valence-electron chi connectivity index (χ3n) is 10.8. The van der Waals surface area contributed by atoms with Gasteiger partial charge in [0.2, 0.25) is 17.8 Å². The van der Waals surface area contributed by atoms with Crippen LogP contribution in [0.1, 0.15) is 34.5 Å². The summed E-state index contributed by atoms with van der Waals surface area (Å²) in [6.07, 6.45) is 0.611. The number of pyridine rings is 1. The molecule has 2 aliphatic rings. The van der Waals surface area contributed by atoms with Crippen LogP contribution in [-0.4, -0.2) is 80.5 Å². The fourth-order valence-electron chi connectivity index (χ4n) is 7.38. The third-order valence-corrected chi connectivity index (χ3v) is 15.5. The molecule has 0 spiro atoms. The quantitative estimate of drug-likeness (QED) is 0.0999. The Morgan fingerprint density at radius 3 is 2.21 bits per heavy atom. The molecule has 8 rings (SSSR count). The molecule has 346 valence electrons. The van der Waals surface area contributed by atoms with Crippen molar-refractivity contribution in [3.8, 4) is 11.6 Å². The van der Waals surface area contributed by atoms with Gasteiger partial charge in [0.15, 0.2) is 5.82 Å². The van der Waals surface area contributed by atoms with Gasteiger partial charge in [0.1, 0.15) is 12.4 Å². The van der Waals surface area contributed by atoms with Crippen LogP contribution in [0.15, 0.2) is 119 Å². The molecule has 3 unspecified atom stereocenters. The van der Waals surface area contributed by atoms with Crippen molar-refractivity contribution >= 4 is 107 Å². The van der Waals surface area contributed by atoms with Crippen LogP contribution in [0.4, 0.5) is 23.0 Å². The summed E-state index contributed by atoms with van der Waals surface area (Å²) in [4.78, 5) is 51.9. The van der Waals surface area contributed by atoms with E-state index in [4.69, 9.17) is 55.9 Å². The number of nitrogens with one attached hydrogen (secondary N) is 2. The summed E-state index contributed by atoms with van der Waals surface area (Å²) in [5.41, 5.74) is 0.971. The number of carbonyl (C=O) groups is 3. The van der Waals surface area contributed by atoms with Crippen LogP contribution in [-0.2, 0) is 36.1 Å². The largest absolute Gasteiger partial charge is 0.478 e. The Morgan fingerprint density at radius 2 is 1.51 bits per heavy atom. The van der Waals surface area contributed by atoms with Gasteiger partial charge < -0.3 is 25.2 Å². The van der Waals surface area contributed by atoms with Gasteiger partial charge in [-0.05, 0) is 67.1 Å². The number of rotatable bonds is 13. The Morgan fingerprint density at radius 1 is 0.806 bits per heavy atom. The van der Waals surface area contributed by atoms with Gasteiger partial charge in [0.25, 0.3) is 31.8 Å². The monoisotopic (exact) mass is 1030 g/mol. The van der Waals surface area contributed by atoms with Crippen LogP contribution in [0.25, 0.3) is 0 Å². The molecule has 0 bridgehead atoms. The number of nitrogens with zero attached hydrogens (tertiary/aromatic N) is 5. The zero-order valence-electron chi connectivity index (χ0n) is 34.6. The van der Waals surface area contributed by atoms with E-state index in [-0.39, 0.29) is 95.4 Å². The summed E-state index contributed by atoms with van der Waals surface area (Å²) < 4.78 is 70.7. The van der Waals surface area contributed by atoms with E-state index in [1.807, 2.05) is 6.07 Å². The number of carboxylic acid groups (broad SMARTS) is 1. The first-order valence-corrected chi connectivity index (χ1v) is 24.4. The standard InChI is InChI=1S/C44H35Cl4N7O10S2/c1-24(25-7-3-2-4-8-25)41(56)53-37-22-50-43-40(52-37)54(15-16-64-43)66(60,61)30-13-14-36(33(48)20-30)65-39(44(58)59)26-17-34-35(55(23-26)67(62,63)29-10-5-9-27(45)18-29)19-28(21-49-34)51-42(57)38-31(46)11-6-12-32(38)47/h2-14,18-22,24,26,39H,15-17,23H2,1H3,(H,51,57)(H,58,59)(H,52,53,56). The maximum atomic E-state index is 14.4. The minimum Gasteiger partial charge on any atom is -0.478 e. The van der Waals surface area contributed by atoms with Crippen LogP contribution in [0.3, 0.4) is 0 Å². The van der Waals surface area contributed by atoms with Crippen molar-refractivity contribution < 1.29 is 45.8 Å². The number of sulfonamides is 2. The van der Waals surface area contributed by atoms with E-state index in [9.17, 15) is 36.3 Å². The Labute approximate surface area is 403 Å². The van der Waals surface area contributed by atoms with E-state index in [2.05, 4.69) is 25.6 Å². The first-order valence-electron chi connectivity index (χ1n) is 20.0. The number of carbonyl (C=O) groups excluding carboxylic acids is 2. The molecule has 23 heteroatoms. The summed E-state index contributed by atoms with van der Waals surface area (Å²) in [5, 5.41) is 15.9. The molecular weight excluding hydrogens is 992 g/mol. The predicted molar refractivity (Wildman–Crippen MR) is 251 cm³/mol. The molecule has 67 heavy (non-hydrogen) atoms. The summed E-state index contributed by atoms with van der Waals surface area (Å²) >= 11 is 25.3. The van der Waals surface area contributed by atoms with E-state index in [0.717, 1.165) is 26.3 Å². The number of anilines is 4. The zero-order chi connectivity index (χ0) is 47.8. The Balaban J connectivity index is 1.06. The molecule has 17 nitrogen and oxygen atoms in total. The Kier molecular flexibility index (Phi) is 13.5. The topological polar surface area (TPSA) is 227 Å². The number of fused-ring (bicyclic) bond motifs is 2. The average molecular weight is 1030 g/mol. The third kappa shape index (κ3) is 9.79. The minimum absolute atomic E-state index is 0.0239. The smallest absolute Gasteiger partial charge is 0.345 e. The first-order chi connectivity index (χ1) is 31.9. The van der Waals surface area contributed by atoms with Gasteiger partial charge in [0, 0.05) is 23.9 Å². The van der Waals surface area contributed by atoms with Crippen molar-refractivity contribution in [2.24, 2.45) is 5.92 Å². The molecule has 0 saturated carbocycles. The number of hydrogen-bond donors (Lipinski definition) is 3. The number of benzene rings is 4. The summed E-state index contributed by atoms with van der Waals surface area (Å²) in [7, 11) is -8.94.